The molecule has 0 aliphatic carbocycles. The van der Waals surface area contributed by atoms with Crippen molar-refractivity contribution in [1.82, 2.24) is 9.78 Å². The highest BCUT2D eigenvalue weighted by atomic mass is 16.5. The third kappa shape index (κ3) is 2.95. The third-order valence-corrected chi connectivity index (χ3v) is 2.36. The molecule has 0 amide bonds. The van der Waals surface area contributed by atoms with Crippen LogP contribution in [-0.4, -0.2) is 22.9 Å². The van der Waals surface area contributed by atoms with Gasteiger partial charge in [0.05, 0.1) is 18.4 Å². The summed E-state index contributed by atoms with van der Waals surface area (Å²) in [5.41, 5.74) is 1.38. The fourth-order valence-electron chi connectivity index (χ4n) is 1.56. The van der Waals surface area contributed by atoms with Gasteiger partial charge in [0.1, 0.15) is 5.75 Å². The van der Waals surface area contributed by atoms with Gasteiger partial charge in [-0.15, -0.1) is 0 Å². The van der Waals surface area contributed by atoms with E-state index in [1.54, 1.807) is 37.2 Å². The molecule has 1 aromatic carbocycles. The van der Waals surface area contributed by atoms with E-state index < -0.39 is 5.97 Å². The monoisotopic (exact) mass is 246 g/mol. The molecule has 18 heavy (non-hydrogen) atoms. The van der Waals surface area contributed by atoms with Crippen molar-refractivity contribution in [3.63, 3.8) is 0 Å². The molecule has 1 heterocycles. The second-order valence-corrected chi connectivity index (χ2v) is 3.87. The molecule has 2 aromatic rings. The lowest BCUT2D eigenvalue weighted by Gasteiger charge is -2.05. The van der Waals surface area contributed by atoms with Gasteiger partial charge in [0.2, 0.25) is 0 Å². The van der Waals surface area contributed by atoms with E-state index in [1.807, 2.05) is 12.1 Å². The molecule has 2 rings (SSSR count). The van der Waals surface area contributed by atoms with Gasteiger partial charge in [0.15, 0.2) is 0 Å². The van der Waals surface area contributed by atoms with Crippen molar-refractivity contribution in [2.45, 2.75) is 6.61 Å². The maximum atomic E-state index is 11.8. The highest BCUT2D eigenvalue weighted by molar-refractivity contribution is 5.90. The van der Waals surface area contributed by atoms with Crippen molar-refractivity contribution in [1.29, 1.82) is 0 Å². The molecule has 0 aliphatic heterocycles. The first kappa shape index (κ1) is 12.3. The van der Waals surface area contributed by atoms with E-state index in [9.17, 15) is 4.79 Å². The number of nitrogens with zero attached hydrogens (tertiary/aromatic N) is 2. The summed E-state index contributed by atoms with van der Waals surface area (Å²) in [6, 6.07) is 7.23. The SMILES string of the molecule is COCc1cccc(OC(=O)c2cnn(C)c2)c1. The average Bonchev–Trinajstić information content (AvgIpc) is 2.77. The van der Waals surface area contributed by atoms with Crippen LogP contribution < -0.4 is 4.74 Å². The zero-order valence-electron chi connectivity index (χ0n) is 10.3. The van der Waals surface area contributed by atoms with E-state index in [-0.39, 0.29) is 0 Å². The Morgan fingerprint density at radius 2 is 2.28 bits per heavy atom. The first-order valence-electron chi connectivity index (χ1n) is 5.48. The lowest BCUT2D eigenvalue weighted by Crippen LogP contribution is -2.07. The van der Waals surface area contributed by atoms with E-state index in [0.29, 0.717) is 17.9 Å². The topological polar surface area (TPSA) is 53.4 Å². The molecule has 0 spiro atoms. The molecule has 0 saturated heterocycles. The van der Waals surface area contributed by atoms with E-state index in [4.69, 9.17) is 9.47 Å². The fourth-order valence-corrected chi connectivity index (χ4v) is 1.56. The number of aryl methyl sites for hydroxylation is 1. The molecular formula is C13H14N2O3. The molecule has 5 nitrogen and oxygen atoms in total. The highest BCUT2D eigenvalue weighted by Crippen LogP contribution is 2.15. The summed E-state index contributed by atoms with van der Waals surface area (Å²) in [7, 11) is 3.37. The highest BCUT2D eigenvalue weighted by Gasteiger charge is 2.10. The van der Waals surface area contributed by atoms with Gasteiger partial charge in [-0.2, -0.15) is 5.10 Å². The first-order valence-corrected chi connectivity index (χ1v) is 5.48. The predicted molar refractivity (Wildman–Crippen MR) is 65.3 cm³/mol. The number of ether oxygens (including phenoxy) is 2. The van der Waals surface area contributed by atoms with Crippen LogP contribution in [0.2, 0.25) is 0 Å². The van der Waals surface area contributed by atoms with Gasteiger partial charge in [0, 0.05) is 20.4 Å². The quantitative estimate of drug-likeness (QED) is 0.609. The van der Waals surface area contributed by atoms with Gasteiger partial charge in [-0.3, -0.25) is 4.68 Å². The molecule has 1 aromatic heterocycles. The Bertz CT molecular complexity index is 549. The van der Waals surface area contributed by atoms with Crippen LogP contribution in [0.3, 0.4) is 0 Å². The van der Waals surface area contributed by atoms with Crippen LogP contribution in [0.5, 0.6) is 5.75 Å². The second kappa shape index (κ2) is 5.46. The third-order valence-electron chi connectivity index (χ3n) is 2.36. The molecule has 0 radical (unpaired) electrons. The molecule has 94 valence electrons. The number of rotatable bonds is 4. The van der Waals surface area contributed by atoms with Crippen molar-refractivity contribution in [2.75, 3.05) is 7.11 Å². The van der Waals surface area contributed by atoms with Crippen molar-refractivity contribution in [3.05, 3.63) is 47.8 Å². The minimum Gasteiger partial charge on any atom is -0.423 e. The van der Waals surface area contributed by atoms with Gasteiger partial charge in [0.25, 0.3) is 0 Å². The summed E-state index contributed by atoms with van der Waals surface area (Å²) in [6.07, 6.45) is 3.09. The zero-order valence-corrected chi connectivity index (χ0v) is 10.3. The van der Waals surface area contributed by atoms with Crippen molar-refractivity contribution in [2.24, 2.45) is 7.05 Å². The molecular weight excluding hydrogens is 232 g/mol. The average molecular weight is 246 g/mol. The van der Waals surface area contributed by atoms with Gasteiger partial charge < -0.3 is 9.47 Å². The van der Waals surface area contributed by atoms with Gasteiger partial charge in [-0.1, -0.05) is 12.1 Å². The van der Waals surface area contributed by atoms with Crippen LogP contribution in [0.15, 0.2) is 36.7 Å². The first-order chi connectivity index (χ1) is 8.69. The molecule has 0 fully saturated rings. The summed E-state index contributed by atoms with van der Waals surface area (Å²) in [6.45, 7) is 0.484. The summed E-state index contributed by atoms with van der Waals surface area (Å²) < 4.78 is 11.8. The number of esters is 1. The summed E-state index contributed by atoms with van der Waals surface area (Å²) in [5.74, 6) is 0.0797. The van der Waals surface area contributed by atoms with Crippen molar-refractivity contribution in [3.8, 4) is 5.75 Å². The Morgan fingerprint density at radius 1 is 1.44 bits per heavy atom. The number of aromatic nitrogens is 2. The number of hydrogen-bond acceptors (Lipinski definition) is 4. The van der Waals surface area contributed by atoms with Crippen LogP contribution in [0.1, 0.15) is 15.9 Å². The minimum atomic E-state index is -0.419. The molecule has 0 bridgehead atoms. The van der Waals surface area contributed by atoms with Crippen LogP contribution in [0.25, 0.3) is 0 Å². The maximum absolute atomic E-state index is 11.8. The minimum absolute atomic E-state index is 0.419. The Labute approximate surface area is 105 Å². The number of benzene rings is 1. The maximum Gasteiger partial charge on any atom is 0.346 e. The smallest absolute Gasteiger partial charge is 0.346 e. The van der Waals surface area contributed by atoms with Crippen LogP contribution >= 0.6 is 0 Å². The fraction of sp³-hybridized carbons (Fsp3) is 0.231. The molecule has 0 unspecified atom stereocenters. The van der Waals surface area contributed by atoms with Crippen LogP contribution in [-0.2, 0) is 18.4 Å². The number of methoxy groups -OCH3 is 1. The molecule has 0 N–H and O–H groups in total. The van der Waals surface area contributed by atoms with Gasteiger partial charge in [-0.25, -0.2) is 4.79 Å². The normalized spacial score (nSPS) is 10.3. The Balaban J connectivity index is 2.09. The molecule has 5 heteroatoms. The standard InChI is InChI=1S/C13H14N2O3/c1-15-8-11(7-14-15)13(16)18-12-5-3-4-10(6-12)9-17-2/h3-8H,9H2,1-2H3. The zero-order chi connectivity index (χ0) is 13.0. The van der Waals surface area contributed by atoms with E-state index in [1.165, 1.54) is 6.20 Å². The summed E-state index contributed by atoms with van der Waals surface area (Å²) >= 11 is 0. The molecule has 0 aliphatic rings. The van der Waals surface area contributed by atoms with E-state index in [0.717, 1.165) is 5.56 Å². The van der Waals surface area contributed by atoms with Crippen molar-refractivity contribution >= 4 is 5.97 Å². The van der Waals surface area contributed by atoms with Crippen LogP contribution in [0, 0.1) is 0 Å². The number of carbonyl (C=O) groups is 1. The lowest BCUT2D eigenvalue weighted by molar-refractivity contribution is 0.0734. The Hall–Kier alpha value is -2.14. The number of hydrogen-bond donors (Lipinski definition) is 0. The lowest BCUT2D eigenvalue weighted by atomic mass is 10.2. The Morgan fingerprint density at radius 3 is 2.94 bits per heavy atom. The predicted octanol–water partition coefficient (Wildman–Crippen LogP) is 1.79. The summed E-state index contributed by atoms with van der Waals surface area (Å²) in [5, 5.41) is 3.92. The number of carbonyl (C=O) groups excluding carboxylic acids is 1. The van der Waals surface area contributed by atoms with Gasteiger partial charge in [-0.05, 0) is 17.7 Å². The largest absolute Gasteiger partial charge is 0.423 e. The van der Waals surface area contributed by atoms with E-state index in [2.05, 4.69) is 5.10 Å². The van der Waals surface area contributed by atoms with Crippen molar-refractivity contribution < 1.29 is 14.3 Å². The second-order valence-electron chi connectivity index (χ2n) is 3.87. The molecule has 0 saturated carbocycles. The molecule has 0 atom stereocenters. The summed E-state index contributed by atoms with van der Waals surface area (Å²) in [4.78, 5) is 11.8. The van der Waals surface area contributed by atoms with E-state index >= 15 is 0 Å². The van der Waals surface area contributed by atoms with Crippen LogP contribution in [0.4, 0.5) is 0 Å². The Kier molecular flexibility index (Phi) is 3.74. The van der Waals surface area contributed by atoms with Gasteiger partial charge >= 0.3 is 5.97 Å².